The fourth-order valence-corrected chi connectivity index (χ4v) is 3.89. The van der Waals surface area contributed by atoms with Gasteiger partial charge in [0.15, 0.2) is 0 Å². The zero-order chi connectivity index (χ0) is 18.9. The van der Waals surface area contributed by atoms with Crippen molar-refractivity contribution in [3.63, 3.8) is 0 Å². The van der Waals surface area contributed by atoms with Crippen LogP contribution in [0.1, 0.15) is 11.4 Å². The summed E-state index contributed by atoms with van der Waals surface area (Å²) in [5.74, 6) is 0.576. The highest BCUT2D eigenvalue weighted by atomic mass is 32.2. The quantitative estimate of drug-likeness (QED) is 0.736. The van der Waals surface area contributed by atoms with Gasteiger partial charge < -0.3 is 4.74 Å². The van der Waals surface area contributed by atoms with Gasteiger partial charge in [-0.15, -0.1) is 0 Å². The molecule has 0 spiro atoms. The molecule has 3 aromatic rings. The summed E-state index contributed by atoms with van der Waals surface area (Å²) >= 11 is 0. The normalized spacial score (nSPS) is 11.7. The van der Waals surface area contributed by atoms with Gasteiger partial charge in [-0.1, -0.05) is 18.2 Å². The predicted octanol–water partition coefficient (Wildman–Crippen LogP) is 1.73. The first-order valence-corrected chi connectivity index (χ1v) is 9.41. The van der Waals surface area contributed by atoms with Crippen molar-refractivity contribution < 1.29 is 13.2 Å². The maximum absolute atomic E-state index is 12.7. The molecule has 3 rings (SSSR count). The number of aromatic nitrogens is 2. The third kappa shape index (κ3) is 3.33. The molecule has 8 heteroatoms. The van der Waals surface area contributed by atoms with Crippen LogP contribution >= 0.6 is 0 Å². The van der Waals surface area contributed by atoms with E-state index in [1.165, 1.54) is 17.7 Å². The number of para-hydroxylation sites is 1. The molecule has 0 bridgehead atoms. The van der Waals surface area contributed by atoms with E-state index in [1.807, 2.05) is 0 Å². The average Bonchev–Trinajstić information content (AvgIpc) is 2.63. The summed E-state index contributed by atoms with van der Waals surface area (Å²) in [6.07, 6.45) is 0. The van der Waals surface area contributed by atoms with Crippen LogP contribution in [0.25, 0.3) is 10.9 Å². The molecule has 136 valence electrons. The largest absolute Gasteiger partial charge is 0.495 e. The van der Waals surface area contributed by atoms with Crippen molar-refractivity contribution in [2.24, 2.45) is 7.05 Å². The molecule has 0 radical (unpaired) electrons. The molecule has 0 saturated carbocycles. The molecule has 1 heterocycles. The fraction of sp³-hybridized carbons (Fsp3) is 0.222. The van der Waals surface area contributed by atoms with Gasteiger partial charge in [0.1, 0.15) is 16.5 Å². The van der Waals surface area contributed by atoms with E-state index in [-0.39, 0.29) is 22.7 Å². The summed E-state index contributed by atoms with van der Waals surface area (Å²) in [6.45, 7) is 1.68. The number of methoxy groups -OCH3 is 1. The van der Waals surface area contributed by atoms with Gasteiger partial charge in [0, 0.05) is 7.05 Å². The summed E-state index contributed by atoms with van der Waals surface area (Å²) in [7, 11) is -0.854. The highest BCUT2D eigenvalue weighted by Crippen LogP contribution is 2.24. The summed E-state index contributed by atoms with van der Waals surface area (Å²) in [6, 6.07) is 11.9. The second kappa shape index (κ2) is 6.89. The van der Waals surface area contributed by atoms with Crippen LogP contribution < -0.4 is 15.0 Å². The number of ether oxygens (including phenoxy) is 1. The van der Waals surface area contributed by atoms with Crippen LogP contribution in [0.4, 0.5) is 0 Å². The molecular weight excluding hydrogens is 354 g/mol. The van der Waals surface area contributed by atoms with Gasteiger partial charge in [-0.25, -0.2) is 18.1 Å². The Labute approximate surface area is 151 Å². The van der Waals surface area contributed by atoms with Crippen LogP contribution in [-0.4, -0.2) is 25.1 Å². The van der Waals surface area contributed by atoms with E-state index in [4.69, 9.17) is 4.74 Å². The molecule has 0 aliphatic carbocycles. The molecule has 2 aromatic carbocycles. The van der Waals surface area contributed by atoms with Crippen molar-refractivity contribution in [3.05, 3.63) is 64.2 Å². The maximum Gasteiger partial charge on any atom is 0.261 e. The Hall–Kier alpha value is -2.71. The molecule has 0 atom stereocenters. The summed E-state index contributed by atoms with van der Waals surface area (Å²) < 4.78 is 34.4. The molecule has 0 fully saturated rings. The van der Waals surface area contributed by atoms with Gasteiger partial charge >= 0.3 is 0 Å². The van der Waals surface area contributed by atoms with E-state index < -0.39 is 10.0 Å². The minimum absolute atomic E-state index is 0.0470. The number of hydrogen-bond acceptors (Lipinski definition) is 5. The first-order valence-electron chi connectivity index (χ1n) is 7.92. The number of aryl methyl sites for hydroxylation is 1. The minimum Gasteiger partial charge on any atom is -0.495 e. The number of hydrogen-bond donors (Lipinski definition) is 1. The molecule has 0 unspecified atom stereocenters. The Morgan fingerprint density at radius 3 is 2.65 bits per heavy atom. The second-order valence-corrected chi connectivity index (χ2v) is 7.62. The third-order valence-corrected chi connectivity index (χ3v) is 5.53. The Balaban J connectivity index is 1.96. The van der Waals surface area contributed by atoms with Crippen molar-refractivity contribution in [2.45, 2.75) is 18.4 Å². The van der Waals surface area contributed by atoms with Crippen LogP contribution in [0, 0.1) is 6.92 Å². The number of nitrogens with zero attached hydrogens (tertiary/aromatic N) is 2. The molecule has 7 nitrogen and oxygen atoms in total. The molecule has 0 amide bonds. The average molecular weight is 373 g/mol. The van der Waals surface area contributed by atoms with Gasteiger partial charge in [0.2, 0.25) is 10.0 Å². The zero-order valence-electron chi connectivity index (χ0n) is 14.7. The number of sulfonamides is 1. The first kappa shape index (κ1) is 18.1. The Morgan fingerprint density at radius 2 is 1.92 bits per heavy atom. The highest BCUT2D eigenvalue weighted by molar-refractivity contribution is 7.89. The molecule has 0 saturated heterocycles. The first-order chi connectivity index (χ1) is 12.3. The molecule has 0 aliphatic heterocycles. The van der Waals surface area contributed by atoms with E-state index in [0.717, 1.165) is 5.56 Å². The van der Waals surface area contributed by atoms with Crippen molar-refractivity contribution in [1.82, 2.24) is 14.3 Å². The highest BCUT2D eigenvalue weighted by Gasteiger charge is 2.20. The number of benzene rings is 2. The standard InChI is InChI=1S/C18H19N3O4S/c1-12-8-9-15(25-3)16(10-12)26(23,24)19-11-17-20-14-7-5-4-6-13(14)18(22)21(17)2/h4-10,19H,11H2,1-3H3. The Morgan fingerprint density at radius 1 is 1.19 bits per heavy atom. The van der Waals surface area contributed by atoms with E-state index in [9.17, 15) is 13.2 Å². The smallest absolute Gasteiger partial charge is 0.261 e. The Kier molecular flexibility index (Phi) is 4.80. The van der Waals surface area contributed by atoms with E-state index in [2.05, 4.69) is 9.71 Å². The van der Waals surface area contributed by atoms with Crippen molar-refractivity contribution in [1.29, 1.82) is 0 Å². The molecule has 0 aliphatic rings. The van der Waals surface area contributed by atoms with Crippen LogP contribution in [0.2, 0.25) is 0 Å². The lowest BCUT2D eigenvalue weighted by Crippen LogP contribution is -2.29. The van der Waals surface area contributed by atoms with Crippen LogP contribution in [0.5, 0.6) is 5.75 Å². The van der Waals surface area contributed by atoms with Gasteiger partial charge in [-0.3, -0.25) is 9.36 Å². The van der Waals surface area contributed by atoms with Gasteiger partial charge in [-0.05, 0) is 36.8 Å². The lowest BCUT2D eigenvalue weighted by molar-refractivity contribution is 0.402. The molecule has 1 aromatic heterocycles. The summed E-state index contributed by atoms with van der Waals surface area (Å²) in [5.41, 5.74) is 1.10. The van der Waals surface area contributed by atoms with Gasteiger partial charge in [-0.2, -0.15) is 0 Å². The van der Waals surface area contributed by atoms with Crippen molar-refractivity contribution in [3.8, 4) is 5.75 Å². The number of rotatable bonds is 5. The van der Waals surface area contributed by atoms with E-state index in [0.29, 0.717) is 16.7 Å². The fourth-order valence-electron chi connectivity index (χ4n) is 2.65. The van der Waals surface area contributed by atoms with E-state index in [1.54, 1.807) is 50.4 Å². The molecule has 26 heavy (non-hydrogen) atoms. The summed E-state index contributed by atoms with van der Waals surface area (Å²) in [4.78, 5) is 16.9. The van der Waals surface area contributed by atoms with Gasteiger partial charge in [0.05, 0.1) is 24.6 Å². The SMILES string of the molecule is COc1ccc(C)cc1S(=O)(=O)NCc1nc2ccccc2c(=O)n1C. The molecular formula is C18H19N3O4S. The maximum atomic E-state index is 12.7. The number of nitrogens with one attached hydrogen (secondary N) is 1. The van der Waals surface area contributed by atoms with Crippen LogP contribution in [0.15, 0.2) is 52.2 Å². The minimum atomic E-state index is -3.84. The second-order valence-electron chi connectivity index (χ2n) is 5.89. The van der Waals surface area contributed by atoms with Crippen molar-refractivity contribution in [2.75, 3.05) is 7.11 Å². The lowest BCUT2D eigenvalue weighted by atomic mass is 10.2. The summed E-state index contributed by atoms with van der Waals surface area (Å²) in [5, 5.41) is 0.488. The van der Waals surface area contributed by atoms with Crippen LogP contribution in [-0.2, 0) is 23.6 Å². The molecule has 1 N–H and O–H groups in total. The topological polar surface area (TPSA) is 90.3 Å². The monoisotopic (exact) mass is 373 g/mol. The van der Waals surface area contributed by atoms with Gasteiger partial charge in [0.25, 0.3) is 5.56 Å². The zero-order valence-corrected chi connectivity index (χ0v) is 15.5. The van der Waals surface area contributed by atoms with Crippen LogP contribution in [0.3, 0.4) is 0 Å². The van der Waals surface area contributed by atoms with Crippen molar-refractivity contribution >= 4 is 20.9 Å². The Bertz CT molecular complexity index is 1140. The van der Waals surface area contributed by atoms with E-state index >= 15 is 0 Å². The number of fused-ring (bicyclic) bond motifs is 1. The predicted molar refractivity (Wildman–Crippen MR) is 98.7 cm³/mol. The third-order valence-electron chi connectivity index (χ3n) is 4.10. The lowest BCUT2D eigenvalue weighted by Gasteiger charge is -2.13.